The Balaban J connectivity index is 2.31. The van der Waals surface area contributed by atoms with Crippen molar-refractivity contribution in [1.82, 2.24) is 4.98 Å². The lowest BCUT2D eigenvalue weighted by molar-refractivity contribution is 0.0696. The van der Waals surface area contributed by atoms with E-state index in [0.717, 1.165) is 0 Å². The van der Waals surface area contributed by atoms with Gasteiger partial charge >= 0.3 is 5.97 Å². The number of aromatic carboxylic acids is 1. The molecule has 0 spiro atoms. The van der Waals surface area contributed by atoms with E-state index < -0.39 is 11.9 Å². The van der Waals surface area contributed by atoms with Crippen LogP contribution in [0.25, 0.3) is 0 Å². The summed E-state index contributed by atoms with van der Waals surface area (Å²) < 4.78 is 0. The standard InChI is InChI=1S/C11H6Cl2N2O3S/c12-6-1-5(11(17)18)2-7(13)9(6)15-10(16)8-3-19-4-14-8/h1-4H,(H,15,16)(H,17,18). The number of benzene rings is 1. The quantitative estimate of drug-likeness (QED) is 0.909. The molecule has 0 aliphatic carbocycles. The first-order valence-electron chi connectivity index (χ1n) is 4.91. The number of amides is 1. The maximum Gasteiger partial charge on any atom is 0.335 e. The molecule has 8 heteroatoms. The van der Waals surface area contributed by atoms with Crippen LogP contribution in [0, 0.1) is 0 Å². The van der Waals surface area contributed by atoms with Crippen LogP contribution in [0.4, 0.5) is 5.69 Å². The van der Waals surface area contributed by atoms with Gasteiger partial charge in [0.15, 0.2) is 0 Å². The minimum absolute atomic E-state index is 0.0495. The van der Waals surface area contributed by atoms with Gasteiger partial charge in [0.25, 0.3) is 5.91 Å². The summed E-state index contributed by atoms with van der Waals surface area (Å²) in [6, 6.07) is 2.43. The number of carbonyl (C=O) groups excluding carboxylic acids is 1. The Morgan fingerprint density at radius 3 is 2.37 bits per heavy atom. The predicted molar refractivity (Wildman–Crippen MR) is 73.5 cm³/mol. The van der Waals surface area contributed by atoms with Crippen molar-refractivity contribution < 1.29 is 14.7 Å². The number of halogens is 2. The third kappa shape index (κ3) is 3.04. The number of rotatable bonds is 3. The molecule has 0 saturated carbocycles. The lowest BCUT2D eigenvalue weighted by atomic mass is 10.2. The molecule has 2 N–H and O–H groups in total. The van der Waals surface area contributed by atoms with Crippen LogP contribution < -0.4 is 5.32 Å². The van der Waals surface area contributed by atoms with Crippen molar-refractivity contribution in [2.45, 2.75) is 0 Å². The fourth-order valence-corrected chi connectivity index (χ4v) is 2.43. The van der Waals surface area contributed by atoms with E-state index in [1.165, 1.54) is 29.0 Å². The van der Waals surface area contributed by atoms with E-state index in [-0.39, 0.29) is 27.0 Å². The Morgan fingerprint density at radius 2 is 1.89 bits per heavy atom. The first-order chi connectivity index (χ1) is 8.99. The van der Waals surface area contributed by atoms with Crippen LogP contribution in [0.5, 0.6) is 0 Å². The minimum Gasteiger partial charge on any atom is -0.478 e. The molecular weight excluding hydrogens is 311 g/mol. The molecule has 1 heterocycles. The minimum atomic E-state index is -1.15. The molecule has 0 fully saturated rings. The Morgan fingerprint density at radius 1 is 1.26 bits per heavy atom. The van der Waals surface area contributed by atoms with Crippen molar-refractivity contribution in [3.8, 4) is 0 Å². The molecule has 0 aliphatic rings. The Hall–Kier alpha value is -1.63. The zero-order chi connectivity index (χ0) is 14.0. The number of aromatic nitrogens is 1. The Bertz CT molecular complexity index is 620. The van der Waals surface area contributed by atoms with Crippen LogP contribution in [0.1, 0.15) is 20.8 Å². The van der Waals surface area contributed by atoms with Crippen molar-refractivity contribution in [1.29, 1.82) is 0 Å². The van der Waals surface area contributed by atoms with Gasteiger partial charge in [0.05, 0.1) is 26.8 Å². The third-order valence-corrected chi connectivity index (χ3v) is 3.38. The summed E-state index contributed by atoms with van der Waals surface area (Å²) in [4.78, 5) is 26.5. The van der Waals surface area contributed by atoms with Crippen LogP contribution in [0.3, 0.4) is 0 Å². The average Bonchev–Trinajstić information content (AvgIpc) is 2.86. The second kappa shape index (κ2) is 5.56. The summed E-state index contributed by atoms with van der Waals surface area (Å²) in [6.45, 7) is 0. The number of anilines is 1. The van der Waals surface area contributed by atoms with Crippen LogP contribution in [-0.2, 0) is 0 Å². The zero-order valence-corrected chi connectivity index (χ0v) is 11.5. The number of thiazole rings is 1. The first-order valence-corrected chi connectivity index (χ1v) is 6.61. The summed E-state index contributed by atoms with van der Waals surface area (Å²) >= 11 is 13.1. The monoisotopic (exact) mass is 316 g/mol. The van der Waals surface area contributed by atoms with E-state index >= 15 is 0 Å². The van der Waals surface area contributed by atoms with E-state index in [9.17, 15) is 9.59 Å². The Kier molecular flexibility index (Phi) is 4.04. The smallest absolute Gasteiger partial charge is 0.335 e. The summed E-state index contributed by atoms with van der Waals surface area (Å²) in [5.74, 6) is -1.62. The van der Waals surface area contributed by atoms with Gasteiger partial charge in [-0.25, -0.2) is 9.78 Å². The van der Waals surface area contributed by atoms with Gasteiger partial charge in [0.2, 0.25) is 0 Å². The van der Waals surface area contributed by atoms with Gasteiger partial charge in [0.1, 0.15) is 5.69 Å². The zero-order valence-electron chi connectivity index (χ0n) is 9.18. The molecule has 0 bridgehead atoms. The van der Waals surface area contributed by atoms with E-state index in [4.69, 9.17) is 28.3 Å². The highest BCUT2D eigenvalue weighted by Crippen LogP contribution is 2.32. The van der Waals surface area contributed by atoms with Crippen LogP contribution in [-0.4, -0.2) is 22.0 Å². The number of hydrogen-bond acceptors (Lipinski definition) is 4. The number of carbonyl (C=O) groups is 2. The van der Waals surface area contributed by atoms with Crippen molar-refractivity contribution >= 4 is 52.1 Å². The maximum absolute atomic E-state index is 11.8. The van der Waals surface area contributed by atoms with E-state index in [1.54, 1.807) is 5.38 Å². The summed E-state index contributed by atoms with van der Waals surface area (Å²) in [7, 11) is 0. The summed E-state index contributed by atoms with van der Waals surface area (Å²) in [6.07, 6.45) is 0. The average molecular weight is 317 g/mol. The SMILES string of the molecule is O=C(O)c1cc(Cl)c(NC(=O)c2cscn2)c(Cl)c1. The molecule has 0 aliphatic heterocycles. The van der Waals surface area contributed by atoms with E-state index in [1.807, 2.05) is 0 Å². The van der Waals surface area contributed by atoms with Gasteiger partial charge in [-0.2, -0.15) is 0 Å². The number of nitrogens with one attached hydrogen (secondary N) is 1. The fraction of sp³-hybridized carbons (Fsp3) is 0. The summed E-state index contributed by atoms with van der Waals surface area (Å²) in [5, 5.41) is 13.0. The molecular formula is C11H6Cl2N2O3S. The van der Waals surface area contributed by atoms with Gasteiger partial charge in [0, 0.05) is 5.38 Å². The largest absolute Gasteiger partial charge is 0.478 e. The lowest BCUT2D eigenvalue weighted by Gasteiger charge is -2.09. The predicted octanol–water partition coefficient (Wildman–Crippen LogP) is 3.40. The van der Waals surface area contributed by atoms with Crippen molar-refractivity contribution in [3.63, 3.8) is 0 Å². The van der Waals surface area contributed by atoms with Crippen LogP contribution in [0.2, 0.25) is 10.0 Å². The molecule has 19 heavy (non-hydrogen) atoms. The fourth-order valence-electron chi connectivity index (χ4n) is 1.32. The molecule has 98 valence electrons. The second-order valence-electron chi connectivity index (χ2n) is 3.45. The van der Waals surface area contributed by atoms with Crippen molar-refractivity contribution in [3.05, 3.63) is 44.3 Å². The van der Waals surface area contributed by atoms with Crippen molar-refractivity contribution in [2.24, 2.45) is 0 Å². The number of nitrogens with zero attached hydrogens (tertiary/aromatic N) is 1. The maximum atomic E-state index is 11.8. The van der Waals surface area contributed by atoms with Crippen LogP contribution in [0.15, 0.2) is 23.0 Å². The van der Waals surface area contributed by atoms with E-state index in [0.29, 0.717) is 0 Å². The molecule has 0 atom stereocenters. The highest BCUT2D eigenvalue weighted by atomic mass is 35.5. The van der Waals surface area contributed by atoms with E-state index in [2.05, 4.69) is 10.3 Å². The highest BCUT2D eigenvalue weighted by Gasteiger charge is 2.16. The Labute approximate surface area is 121 Å². The molecule has 0 saturated heterocycles. The number of hydrogen-bond donors (Lipinski definition) is 2. The van der Waals surface area contributed by atoms with Gasteiger partial charge in [-0.3, -0.25) is 4.79 Å². The lowest BCUT2D eigenvalue weighted by Crippen LogP contribution is -2.13. The second-order valence-corrected chi connectivity index (χ2v) is 4.98. The van der Waals surface area contributed by atoms with Gasteiger partial charge < -0.3 is 10.4 Å². The third-order valence-electron chi connectivity index (χ3n) is 2.19. The summed E-state index contributed by atoms with van der Waals surface area (Å²) in [5.41, 5.74) is 1.86. The van der Waals surface area contributed by atoms with Gasteiger partial charge in [-0.1, -0.05) is 23.2 Å². The van der Waals surface area contributed by atoms with Gasteiger partial charge in [-0.05, 0) is 12.1 Å². The topological polar surface area (TPSA) is 79.3 Å². The molecule has 2 rings (SSSR count). The first kappa shape index (κ1) is 13.8. The molecule has 1 aromatic carbocycles. The van der Waals surface area contributed by atoms with Crippen LogP contribution >= 0.6 is 34.5 Å². The number of carboxylic acids is 1. The van der Waals surface area contributed by atoms with Gasteiger partial charge in [-0.15, -0.1) is 11.3 Å². The normalized spacial score (nSPS) is 10.2. The van der Waals surface area contributed by atoms with Crippen molar-refractivity contribution in [2.75, 3.05) is 5.32 Å². The molecule has 0 unspecified atom stereocenters. The molecule has 2 aromatic rings. The number of carboxylic acid groups (broad SMARTS) is 1. The highest BCUT2D eigenvalue weighted by molar-refractivity contribution is 7.07. The molecule has 1 amide bonds. The molecule has 5 nitrogen and oxygen atoms in total. The molecule has 1 aromatic heterocycles. The molecule has 0 radical (unpaired) electrons.